The summed E-state index contributed by atoms with van der Waals surface area (Å²) in [5, 5.41) is 22.5. The molecule has 1 aliphatic carbocycles. The number of anilines is 1. The van der Waals surface area contributed by atoms with Crippen LogP contribution in [0.15, 0.2) is 42.9 Å². The Morgan fingerprint density at radius 2 is 1.97 bits per heavy atom. The van der Waals surface area contributed by atoms with Gasteiger partial charge >= 0.3 is 0 Å². The van der Waals surface area contributed by atoms with Gasteiger partial charge in [0.2, 0.25) is 5.95 Å². The van der Waals surface area contributed by atoms with Gasteiger partial charge < -0.3 is 15.0 Å². The minimum atomic E-state index is -0.917. The second kappa shape index (κ2) is 8.20. The molecule has 1 aromatic carbocycles. The van der Waals surface area contributed by atoms with E-state index in [0.29, 0.717) is 30.2 Å². The summed E-state index contributed by atoms with van der Waals surface area (Å²) in [7, 11) is 1.76. The SMILES string of the molecule is CNc1nccc(-c2c(-c3ccc(F)cc3)ncn2C2CCC(O)(CC#N)CC2)n1. The molecular formula is C22H23FN6O. The largest absolute Gasteiger partial charge is 0.389 e. The van der Waals surface area contributed by atoms with Crippen molar-refractivity contribution in [1.82, 2.24) is 19.5 Å². The molecule has 7 nitrogen and oxygen atoms in total. The van der Waals surface area contributed by atoms with Crippen LogP contribution in [0.3, 0.4) is 0 Å². The van der Waals surface area contributed by atoms with Gasteiger partial charge in [0, 0.05) is 24.8 Å². The van der Waals surface area contributed by atoms with Crippen molar-refractivity contribution in [3.63, 3.8) is 0 Å². The number of nitriles is 1. The molecule has 0 aliphatic heterocycles. The van der Waals surface area contributed by atoms with Gasteiger partial charge in [-0.15, -0.1) is 0 Å². The van der Waals surface area contributed by atoms with E-state index in [9.17, 15) is 9.50 Å². The topological polar surface area (TPSA) is 99.6 Å². The van der Waals surface area contributed by atoms with E-state index in [-0.39, 0.29) is 18.3 Å². The number of aliphatic hydroxyl groups is 1. The number of aromatic nitrogens is 4. The molecule has 0 amide bonds. The molecule has 1 fully saturated rings. The van der Waals surface area contributed by atoms with Crippen molar-refractivity contribution in [2.75, 3.05) is 12.4 Å². The molecule has 0 bridgehead atoms. The maximum absolute atomic E-state index is 13.5. The molecule has 8 heteroatoms. The normalized spacial score (nSPS) is 21.2. The third kappa shape index (κ3) is 3.89. The number of hydrogen-bond donors (Lipinski definition) is 2. The van der Waals surface area contributed by atoms with Crippen molar-refractivity contribution in [1.29, 1.82) is 5.26 Å². The van der Waals surface area contributed by atoms with Crippen LogP contribution in [-0.4, -0.2) is 37.3 Å². The number of imidazole rings is 1. The molecular weight excluding hydrogens is 383 g/mol. The molecule has 154 valence electrons. The van der Waals surface area contributed by atoms with Crippen LogP contribution in [0.5, 0.6) is 0 Å². The summed E-state index contributed by atoms with van der Waals surface area (Å²) in [6.45, 7) is 0. The molecule has 0 saturated heterocycles. The summed E-state index contributed by atoms with van der Waals surface area (Å²) in [4.78, 5) is 13.4. The van der Waals surface area contributed by atoms with Crippen LogP contribution in [-0.2, 0) is 0 Å². The van der Waals surface area contributed by atoms with Crippen molar-refractivity contribution >= 4 is 5.95 Å². The zero-order valence-electron chi connectivity index (χ0n) is 16.7. The molecule has 0 spiro atoms. The lowest BCUT2D eigenvalue weighted by atomic mass is 9.80. The number of hydrogen-bond acceptors (Lipinski definition) is 6. The van der Waals surface area contributed by atoms with E-state index in [1.165, 1.54) is 12.1 Å². The first-order valence-electron chi connectivity index (χ1n) is 9.96. The van der Waals surface area contributed by atoms with E-state index in [1.807, 2.05) is 6.07 Å². The Bertz CT molecular complexity index is 1060. The fraction of sp³-hybridized carbons (Fsp3) is 0.364. The van der Waals surface area contributed by atoms with Crippen LogP contribution in [0.1, 0.15) is 38.1 Å². The van der Waals surface area contributed by atoms with E-state index in [2.05, 4.69) is 30.9 Å². The Kier molecular flexibility index (Phi) is 5.46. The zero-order valence-corrected chi connectivity index (χ0v) is 16.7. The fourth-order valence-electron chi connectivity index (χ4n) is 4.06. The van der Waals surface area contributed by atoms with Gasteiger partial charge in [-0.25, -0.2) is 19.3 Å². The number of benzene rings is 1. The Balaban J connectivity index is 1.76. The summed E-state index contributed by atoms with van der Waals surface area (Å²) < 4.78 is 15.5. The highest BCUT2D eigenvalue weighted by atomic mass is 19.1. The third-order valence-electron chi connectivity index (χ3n) is 5.72. The summed E-state index contributed by atoms with van der Waals surface area (Å²) in [5.74, 6) is 0.195. The molecule has 3 aromatic rings. The van der Waals surface area contributed by atoms with Crippen LogP contribution in [0.25, 0.3) is 22.6 Å². The molecule has 0 atom stereocenters. The quantitative estimate of drug-likeness (QED) is 0.666. The Labute approximate surface area is 174 Å². The molecule has 0 radical (unpaired) electrons. The van der Waals surface area contributed by atoms with Crippen LogP contribution in [0.2, 0.25) is 0 Å². The lowest BCUT2D eigenvalue weighted by molar-refractivity contribution is -0.00305. The van der Waals surface area contributed by atoms with E-state index in [4.69, 9.17) is 5.26 Å². The monoisotopic (exact) mass is 406 g/mol. The second-order valence-corrected chi connectivity index (χ2v) is 7.66. The second-order valence-electron chi connectivity index (χ2n) is 7.66. The van der Waals surface area contributed by atoms with Gasteiger partial charge in [0.25, 0.3) is 0 Å². The maximum Gasteiger partial charge on any atom is 0.222 e. The van der Waals surface area contributed by atoms with Crippen molar-refractivity contribution < 1.29 is 9.50 Å². The third-order valence-corrected chi connectivity index (χ3v) is 5.72. The fourth-order valence-corrected chi connectivity index (χ4v) is 4.06. The van der Waals surface area contributed by atoms with Crippen molar-refractivity contribution in [3.05, 3.63) is 48.7 Å². The van der Waals surface area contributed by atoms with Gasteiger partial charge in [0.1, 0.15) is 5.82 Å². The Morgan fingerprint density at radius 1 is 1.23 bits per heavy atom. The number of halogens is 1. The molecule has 1 aliphatic rings. The van der Waals surface area contributed by atoms with Gasteiger partial charge in [-0.1, -0.05) is 0 Å². The van der Waals surface area contributed by atoms with E-state index in [0.717, 1.165) is 24.1 Å². The average Bonchev–Trinajstić information content (AvgIpc) is 3.20. The summed E-state index contributed by atoms with van der Waals surface area (Å²) in [6.07, 6.45) is 6.19. The molecule has 4 rings (SSSR count). The highest BCUT2D eigenvalue weighted by Gasteiger charge is 2.35. The molecule has 2 heterocycles. The molecule has 2 N–H and O–H groups in total. The highest BCUT2D eigenvalue weighted by molar-refractivity contribution is 5.77. The Hall–Kier alpha value is -3.31. The molecule has 1 saturated carbocycles. The number of rotatable bonds is 5. The first-order valence-corrected chi connectivity index (χ1v) is 9.96. The minimum absolute atomic E-state index is 0.119. The zero-order chi connectivity index (χ0) is 21.1. The summed E-state index contributed by atoms with van der Waals surface area (Å²) in [5.41, 5.74) is 2.14. The van der Waals surface area contributed by atoms with Gasteiger partial charge in [-0.2, -0.15) is 5.26 Å². The smallest absolute Gasteiger partial charge is 0.222 e. The van der Waals surface area contributed by atoms with Crippen LogP contribution in [0.4, 0.5) is 10.3 Å². The molecule has 30 heavy (non-hydrogen) atoms. The van der Waals surface area contributed by atoms with E-state index in [1.54, 1.807) is 31.7 Å². The van der Waals surface area contributed by atoms with Crippen LogP contribution < -0.4 is 5.32 Å². The van der Waals surface area contributed by atoms with E-state index >= 15 is 0 Å². The summed E-state index contributed by atoms with van der Waals surface area (Å²) >= 11 is 0. The predicted molar refractivity (Wildman–Crippen MR) is 111 cm³/mol. The van der Waals surface area contributed by atoms with Crippen molar-refractivity contribution in [2.45, 2.75) is 43.7 Å². The van der Waals surface area contributed by atoms with Crippen LogP contribution >= 0.6 is 0 Å². The Morgan fingerprint density at radius 3 is 2.63 bits per heavy atom. The van der Waals surface area contributed by atoms with Crippen molar-refractivity contribution in [3.8, 4) is 28.7 Å². The maximum atomic E-state index is 13.5. The average molecular weight is 406 g/mol. The lowest BCUT2D eigenvalue weighted by Crippen LogP contribution is -2.34. The van der Waals surface area contributed by atoms with Gasteiger partial charge in [-0.05, 0) is 56.0 Å². The molecule has 0 unspecified atom stereocenters. The lowest BCUT2D eigenvalue weighted by Gasteiger charge is -2.35. The van der Waals surface area contributed by atoms with Gasteiger partial charge in [-0.3, -0.25) is 0 Å². The van der Waals surface area contributed by atoms with Gasteiger partial charge in [0.15, 0.2) is 0 Å². The van der Waals surface area contributed by atoms with Crippen molar-refractivity contribution in [2.24, 2.45) is 0 Å². The number of nitrogens with zero attached hydrogens (tertiary/aromatic N) is 5. The summed E-state index contributed by atoms with van der Waals surface area (Å²) in [6, 6.07) is 10.3. The first-order chi connectivity index (χ1) is 14.5. The first kappa shape index (κ1) is 20.0. The highest BCUT2D eigenvalue weighted by Crippen LogP contribution is 2.40. The van der Waals surface area contributed by atoms with Crippen LogP contribution in [0, 0.1) is 17.1 Å². The van der Waals surface area contributed by atoms with E-state index < -0.39 is 5.60 Å². The molecule has 2 aromatic heterocycles. The minimum Gasteiger partial charge on any atom is -0.389 e. The standard InChI is InChI=1S/C22H23FN6O/c1-25-21-26-13-8-18(28-21)20-19(15-2-4-16(23)5-3-15)27-14-29(20)17-6-9-22(30,10-7-17)11-12-24/h2-5,8,13-14,17,30H,6-7,9-11H2,1H3,(H,25,26,28). The number of nitrogens with one attached hydrogen (secondary N) is 1. The van der Waals surface area contributed by atoms with Gasteiger partial charge in [0.05, 0.1) is 41.5 Å². The predicted octanol–water partition coefficient (Wildman–Crippen LogP) is 3.95.